The summed E-state index contributed by atoms with van der Waals surface area (Å²) in [6, 6.07) is 8.87. The fraction of sp³-hybridized carbons (Fsp3) is 0.440. The lowest BCUT2D eigenvalue weighted by molar-refractivity contribution is 0.711. The summed E-state index contributed by atoms with van der Waals surface area (Å²) in [5, 5.41) is 0.927. The Morgan fingerprint density at radius 2 is 1.04 bits per heavy atom. The van der Waals surface area contributed by atoms with E-state index >= 15 is 0 Å². The van der Waals surface area contributed by atoms with Gasteiger partial charge in [-0.15, -0.1) is 11.8 Å². The molecule has 0 aliphatic carbocycles. The number of aliphatic imine (C=N–C) groups is 2. The summed E-state index contributed by atoms with van der Waals surface area (Å²) < 4.78 is 0. The second-order valence-electron chi connectivity index (χ2n) is 8.19. The van der Waals surface area contributed by atoms with E-state index in [1.54, 1.807) is 0 Å². The zero-order chi connectivity index (χ0) is 20.3. The summed E-state index contributed by atoms with van der Waals surface area (Å²) in [5.41, 5.74) is 9.92. The van der Waals surface area contributed by atoms with Gasteiger partial charge < -0.3 is 0 Å². The number of aryl methyl sites for hydroxylation is 6. The Labute approximate surface area is 174 Å². The molecule has 2 aromatic rings. The van der Waals surface area contributed by atoms with Crippen molar-refractivity contribution in [1.82, 2.24) is 0 Å². The Morgan fingerprint density at radius 3 is 1.39 bits per heavy atom. The molecule has 2 atom stereocenters. The number of nitrogens with zero attached hydrogens (tertiary/aromatic N) is 2. The largest absolute Gasteiger partial charge is 0.260 e. The zero-order valence-corrected chi connectivity index (χ0v) is 18.9. The summed E-state index contributed by atoms with van der Waals surface area (Å²) >= 11 is 2.00. The minimum absolute atomic E-state index is 0.463. The van der Waals surface area contributed by atoms with Gasteiger partial charge in [-0.25, -0.2) is 0 Å². The lowest BCUT2D eigenvalue weighted by Gasteiger charge is -2.24. The maximum absolute atomic E-state index is 4.87. The molecule has 0 bridgehead atoms. The van der Waals surface area contributed by atoms with Gasteiger partial charge in [0.2, 0.25) is 0 Å². The van der Waals surface area contributed by atoms with E-state index in [-0.39, 0.29) is 0 Å². The molecular weight excluding hydrogens is 360 g/mol. The molecule has 1 aliphatic heterocycles. The molecule has 0 saturated carbocycles. The van der Waals surface area contributed by atoms with Crippen LogP contribution in [0.5, 0.6) is 0 Å². The molecule has 2 unspecified atom stereocenters. The van der Waals surface area contributed by atoms with E-state index in [2.05, 4.69) is 78.2 Å². The highest BCUT2D eigenvalue weighted by atomic mass is 32.2. The predicted molar refractivity (Wildman–Crippen MR) is 127 cm³/mol. The average Bonchev–Trinajstić information content (AvgIpc) is 2.60. The van der Waals surface area contributed by atoms with Gasteiger partial charge in [-0.2, -0.15) is 0 Å². The Bertz CT molecular complexity index is 791. The molecule has 0 radical (unpaired) electrons. The highest BCUT2D eigenvalue weighted by molar-refractivity contribution is 8.01. The molecule has 0 aromatic heterocycles. The van der Waals surface area contributed by atoms with E-state index in [0.29, 0.717) is 10.5 Å². The Kier molecular flexibility index (Phi) is 6.77. The lowest BCUT2D eigenvalue weighted by Crippen LogP contribution is -2.19. The molecule has 28 heavy (non-hydrogen) atoms. The van der Waals surface area contributed by atoms with E-state index in [0.717, 1.165) is 11.4 Å². The molecule has 0 N–H and O–H groups in total. The third kappa shape index (κ3) is 5.14. The topological polar surface area (TPSA) is 24.7 Å². The first-order valence-electron chi connectivity index (χ1n) is 10.2. The van der Waals surface area contributed by atoms with E-state index in [1.165, 1.54) is 52.6 Å². The first-order chi connectivity index (χ1) is 13.3. The van der Waals surface area contributed by atoms with Crippen molar-refractivity contribution in [3.05, 3.63) is 57.6 Å². The number of rotatable bonds is 4. The molecule has 1 fully saturated rings. The van der Waals surface area contributed by atoms with Crippen LogP contribution in [0.15, 0.2) is 34.3 Å². The number of benzene rings is 2. The van der Waals surface area contributed by atoms with Crippen LogP contribution in [0.1, 0.15) is 52.6 Å². The minimum atomic E-state index is 0.463. The summed E-state index contributed by atoms with van der Waals surface area (Å²) in [6.07, 6.45) is 7.96. The summed E-state index contributed by atoms with van der Waals surface area (Å²) in [4.78, 5) is 9.74. The van der Waals surface area contributed by atoms with Crippen molar-refractivity contribution < 1.29 is 0 Å². The first kappa shape index (κ1) is 20.9. The SMILES string of the molecule is Cc1cc(C)c(N=CC2CCCC(C=Nc3c(C)cc(C)cc3C)S2)c(C)c1. The normalized spacial score (nSPS) is 20.4. The molecule has 2 aromatic carbocycles. The van der Waals surface area contributed by atoms with Crippen molar-refractivity contribution >= 4 is 35.6 Å². The first-order valence-corrected chi connectivity index (χ1v) is 11.2. The second-order valence-corrected chi connectivity index (χ2v) is 9.68. The van der Waals surface area contributed by atoms with E-state index in [1.807, 2.05) is 11.8 Å². The Balaban J connectivity index is 1.70. The van der Waals surface area contributed by atoms with Crippen LogP contribution < -0.4 is 0 Å². The molecule has 1 aliphatic rings. The molecule has 1 heterocycles. The summed E-state index contributed by atoms with van der Waals surface area (Å²) in [5.74, 6) is 0. The van der Waals surface area contributed by atoms with Crippen molar-refractivity contribution in [1.29, 1.82) is 0 Å². The van der Waals surface area contributed by atoms with Crippen LogP contribution in [-0.2, 0) is 0 Å². The average molecular weight is 393 g/mol. The molecule has 1 saturated heterocycles. The van der Waals surface area contributed by atoms with Gasteiger partial charge in [-0.1, -0.05) is 41.8 Å². The van der Waals surface area contributed by atoms with Crippen LogP contribution in [-0.4, -0.2) is 22.9 Å². The molecule has 148 valence electrons. The number of hydrogen-bond acceptors (Lipinski definition) is 3. The smallest absolute Gasteiger partial charge is 0.0684 e. The molecule has 0 amide bonds. The quantitative estimate of drug-likeness (QED) is 0.501. The van der Waals surface area contributed by atoms with E-state index in [9.17, 15) is 0 Å². The van der Waals surface area contributed by atoms with Crippen LogP contribution in [0, 0.1) is 41.5 Å². The summed E-state index contributed by atoms with van der Waals surface area (Å²) in [6.45, 7) is 12.9. The van der Waals surface area contributed by atoms with Crippen molar-refractivity contribution in [3.8, 4) is 0 Å². The van der Waals surface area contributed by atoms with Gasteiger partial charge in [0.25, 0.3) is 0 Å². The highest BCUT2D eigenvalue weighted by Crippen LogP contribution is 2.33. The molecule has 0 spiro atoms. The molecular formula is C25H32N2S. The fourth-order valence-electron chi connectivity index (χ4n) is 4.17. The van der Waals surface area contributed by atoms with Gasteiger partial charge in [0.1, 0.15) is 0 Å². The zero-order valence-electron chi connectivity index (χ0n) is 18.0. The highest BCUT2D eigenvalue weighted by Gasteiger charge is 2.20. The van der Waals surface area contributed by atoms with Crippen LogP contribution >= 0.6 is 11.8 Å². The minimum Gasteiger partial charge on any atom is -0.260 e. The van der Waals surface area contributed by atoms with Crippen LogP contribution in [0.4, 0.5) is 11.4 Å². The molecule has 3 heteroatoms. The van der Waals surface area contributed by atoms with Crippen LogP contribution in [0.2, 0.25) is 0 Å². The van der Waals surface area contributed by atoms with Crippen molar-refractivity contribution in [3.63, 3.8) is 0 Å². The summed E-state index contributed by atoms with van der Waals surface area (Å²) in [7, 11) is 0. The van der Waals surface area contributed by atoms with Gasteiger partial charge in [-0.05, 0) is 76.6 Å². The maximum atomic E-state index is 4.87. The third-order valence-electron chi connectivity index (χ3n) is 5.34. The standard InChI is InChI=1S/C25H32N2S/c1-16-10-18(3)24(19(4)11-16)26-14-22-8-7-9-23(28-22)15-27-25-20(5)12-17(2)13-21(25)6/h10-15,22-23H,7-9H2,1-6H3. The van der Waals surface area contributed by atoms with Gasteiger partial charge in [0.15, 0.2) is 0 Å². The van der Waals surface area contributed by atoms with E-state index in [4.69, 9.17) is 9.98 Å². The van der Waals surface area contributed by atoms with Crippen molar-refractivity contribution in [2.24, 2.45) is 9.98 Å². The van der Waals surface area contributed by atoms with Crippen molar-refractivity contribution in [2.45, 2.75) is 71.3 Å². The monoisotopic (exact) mass is 392 g/mol. The fourth-order valence-corrected chi connectivity index (χ4v) is 5.48. The van der Waals surface area contributed by atoms with Crippen LogP contribution in [0.25, 0.3) is 0 Å². The molecule has 2 nitrogen and oxygen atoms in total. The van der Waals surface area contributed by atoms with E-state index < -0.39 is 0 Å². The van der Waals surface area contributed by atoms with Gasteiger partial charge >= 0.3 is 0 Å². The van der Waals surface area contributed by atoms with Gasteiger partial charge in [0, 0.05) is 22.9 Å². The Morgan fingerprint density at radius 1 is 0.679 bits per heavy atom. The van der Waals surface area contributed by atoms with Crippen molar-refractivity contribution in [2.75, 3.05) is 0 Å². The number of thioether (sulfide) groups is 1. The predicted octanol–water partition coefficient (Wildman–Crippen LogP) is 7.30. The third-order valence-corrected chi connectivity index (χ3v) is 6.75. The molecule has 3 rings (SSSR count). The van der Waals surface area contributed by atoms with Crippen LogP contribution in [0.3, 0.4) is 0 Å². The number of hydrogen-bond donors (Lipinski definition) is 0. The van der Waals surface area contributed by atoms with Gasteiger partial charge in [-0.3, -0.25) is 9.98 Å². The lowest BCUT2D eigenvalue weighted by atomic mass is 10.1. The Hall–Kier alpha value is -1.87. The second kappa shape index (κ2) is 9.09. The maximum Gasteiger partial charge on any atom is 0.0684 e. The van der Waals surface area contributed by atoms with Gasteiger partial charge in [0.05, 0.1) is 11.4 Å².